The summed E-state index contributed by atoms with van der Waals surface area (Å²) in [5.41, 5.74) is 0.0304. The SMILES string of the molecule is CCC1(C(=O)N2CCC(NC)C2)CCC1. The van der Waals surface area contributed by atoms with Crippen LogP contribution in [-0.4, -0.2) is 37.0 Å². The average molecular weight is 210 g/mol. The van der Waals surface area contributed by atoms with Crippen molar-refractivity contribution in [3.63, 3.8) is 0 Å². The third-order valence-corrected chi connectivity index (χ3v) is 4.32. The first kappa shape index (κ1) is 10.9. The van der Waals surface area contributed by atoms with Crippen LogP contribution in [0.15, 0.2) is 0 Å². The fourth-order valence-corrected chi connectivity index (χ4v) is 2.84. The Morgan fingerprint density at radius 1 is 1.53 bits per heavy atom. The van der Waals surface area contributed by atoms with Gasteiger partial charge in [0.05, 0.1) is 0 Å². The van der Waals surface area contributed by atoms with E-state index in [0.29, 0.717) is 11.9 Å². The van der Waals surface area contributed by atoms with Gasteiger partial charge in [0.15, 0.2) is 0 Å². The highest BCUT2D eigenvalue weighted by molar-refractivity contribution is 5.83. The monoisotopic (exact) mass is 210 g/mol. The molecule has 0 aromatic heterocycles. The number of likely N-dealkylation sites (tertiary alicyclic amines) is 1. The van der Waals surface area contributed by atoms with E-state index >= 15 is 0 Å². The fraction of sp³-hybridized carbons (Fsp3) is 0.917. The molecule has 1 saturated heterocycles. The van der Waals surface area contributed by atoms with E-state index in [9.17, 15) is 4.79 Å². The highest BCUT2D eigenvalue weighted by Crippen LogP contribution is 2.45. The maximum absolute atomic E-state index is 12.3. The van der Waals surface area contributed by atoms with Crippen molar-refractivity contribution in [3.8, 4) is 0 Å². The van der Waals surface area contributed by atoms with Gasteiger partial charge in [-0.1, -0.05) is 13.3 Å². The molecule has 1 aliphatic carbocycles. The molecule has 1 unspecified atom stereocenters. The van der Waals surface area contributed by atoms with Crippen LogP contribution in [0.25, 0.3) is 0 Å². The zero-order valence-electron chi connectivity index (χ0n) is 9.88. The van der Waals surface area contributed by atoms with Gasteiger partial charge in [0.25, 0.3) is 0 Å². The zero-order valence-corrected chi connectivity index (χ0v) is 9.88. The number of nitrogens with zero attached hydrogens (tertiary/aromatic N) is 1. The van der Waals surface area contributed by atoms with Crippen molar-refractivity contribution in [2.45, 2.75) is 45.1 Å². The molecule has 2 fully saturated rings. The van der Waals surface area contributed by atoms with Gasteiger partial charge in [-0.2, -0.15) is 0 Å². The maximum Gasteiger partial charge on any atom is 0.228 e. The van der Waals surface area contributed by atoms with E-state index in [2.05, 4.69) is 17.1 Å². The summed E-state index contributed by atoms with van der Waals surface area (Å²) in [6.07, 6.45) is 5.60. The van der Waals surface area contributed by atoms with Crippen molar-refractivity contribution in [2.75, 3.05) is 20.1 Å². The first-order valence-corrected chi connectivity index (χ1v) is 6.18. The van der Waals surface area contributed by atoms with E-state index in [1.165, 1.54) is 6.42 Å². The molecule has 1 N–H and O–H groups in total. The van der Waals surface area contributed by atoms with Gasteiger partial charge in [-0.25, -0.2) is 0 Å². The molecule has 1 amide bonds. The predicted molar refractivity (Wildman–Crippen MR) is 60.6 cm³/mol. The molecule has 0 aromatic carbocycles. The molecule has 0 spiro atoms. The minimum absolute atomic E-state index is 0.0304. The number of hydrogen-bond acceptors (Lipinski definition) is 2. The van der Waals surface area contributed by atoms with Crippen molar-refractivity contribution in [1.82, 2.24) is 10.2 Å². The lowest BCUT2D eigenvalue weighted by Crippen LogP contribution is -2.47. The average Bonchev–Trinajstić information content (AvgIpc) is 2.64. The minimum atomic E-state index is 0.0304. The molecule has 1 aliphatic heterocycles. The van der Waals surface area contributed by atoms with Gasteiger partial charge in [-0.05, 0) is 32.7 Å². The summed E-state index contributed by atoms with van der Waals surface area (Å²) in [4.78, 5) is 14.4. The fourth-order valence-electron chi connectivity index (χ4n) is 2.84. The molecule has 2 aliphatic rings. The molecule has 3 nitrogen and oxygen atoms in total. The van der Waals surface area contributed by atoms with Crippen molar-refractivity contribution in [1.29, 1.82) is 0 Å². The molecule has 0 radical (unpaired) electrons. The van der Waals surface area contributed by atoms with Crippen molar-refractivity contribution < 1.29 is 4.79 Å². The Hall–Kier alpha value is -0.570. The van der Waals surface area contributed by atoms with E-state index in [4.69, 9.17) is 0 Å². The van der Waals surface area contributed by atoms with Crippen molar-refractivity contribution in [3.05, 3.63) is 0 Å². The molecule has 1 saturated carbocycles. The lowest BCUT2D eigenvalue weighted by molar-refractivity contribution is -0.146. The van der Waals surface area contributed by atoms with Crippen LogP contribution >= 0.6 is 0 Å². The molecule has 86 valence electrons. The molecule has 15 heavy (non-hydrogen) atoms. The van der Waals surface area contributed by atoms with Gasteiger partial charge in [0.2, 0.25) is 5.91 Å². The Balaban J connectivity index is 1.96. The van der Waals surface area contributed by atoms with Crippen LogP contribution in [0, 0.1) is 5.41 Å². The predicted octanol–water partition coefficient (Wildman–Crippen LogP) is 1.39. The molecule has 3 heteroatoms. The number of hydrogen-bond donors (Lipinski definition) is 1. The second kappa shape index (κ2) is 4.12. The molecule has 0 bridgehead atoms. The van der Waals surface area contributed by atoms with Crippen LogP contribution in [0.1, 0.15) is 39.0 Å². The molecular weight excluding hydrogens is 188 g/mol. The zero-order chi connectivity index (χ0) is 10.9. The van der Waals surface area contributed by atoms with Crippen LogP contribution < -0.4 is 5.32 Å². The van der Waals surface area contributed by atoms with Crippen LogP contribution in [-0.2, 0) is 4.79 Å². The molecule has 2 rings (SSSR count). The van der Waals surface area contributed by atoms with Gasteiger partial charge < -0.3 is 10.2 Å². The molecule has 1 atom stereocenters. The number of likely N-dealkylation sites (N-methyl/N-ethyl adjacent to an activating group) is 1. The number of nitrogens with one attached hydrogen (secondary N) is 1. The standard InChI is InChI=1S/C12H22N2O/c1-3-12(6-4-7-12)11(15)14-8-5-10(9-14)13-2/h10,13H,3-9H2,1-2H3. The summed E-state index contributed by atoms with van der Waals surface area (Å²) in [5.74, 6) is 0.425. The van der Waals surface area contributed by atoms with E-state index < -0.39 is 0 Å². The summed E-state index contributed by atoms with van der Waals surface area (Å²) < 4.78 is 0. The first-order valence-electron chi connectivity index (χ1n) is 6.18. The highest BCUT2D eigenvalue weighted by Gasteiger charge is 2.45. The maximum atomic E-state index is 12.3. The quantitative estimate of drug-likeness (QED) is 0.763. The number of amides is 1. The molecule has 0 aromatic rings. The normalized spacial score (nSPS) is 28.9. The van der Waals surface area contributed by atoms with Crippen LogP contribution in [0.3, 0.4) is 0 Å². The van der Waals surface area contributed by atoms with Gasteiger partial charge in [-0.15, -0.1) is 0 Å². The van der Waals surface area contributed by atoms with E-state index in [1.54, 1.807) is 0 Å². The summed E-state index contributed by atoms with van der Waals surface area (Å²) in [5, 5.41) is 3.26. The van der Waals surface area contributed by atoms with Crippen molar-refractivity contribution >= 4 is 5.91 Å². The number of carbonyl (C=O) groups excluding carboxylic acids is 1. The smallest absolute Gasteiger partial charge is 0.228 e. The lowest BCUT2D eigenvalue weighted by Gasteiger charge is -2.42. The van der Waals surface area contributed by atoms with E-state index in [-0.39, 0.29) is 5.41 Å². The minimum Gasteiger partial charge on any atom is -0.341 e. The Bertz CT molecular complexity index is 242. The molecule has 1 heterocycles. The van der Waals surface area contributed by atoms with Gasteiger partial charge in [-0.3, -0.25) is 4.79 Å². The van der Waals surface area contributed by atoms with Crippen LogP contribution in [0.5, 0.6) is 0 Å². The van der Waals surface area contributed by atoms with Gasteiger partial charge >= 0.3 is 0 Å². The summed E-state index contributed by atoms with van der Waals surface area (Å²) in [7, 11) is 1.98. The van der Waals surface area contributed by atoms with Crippen LogP contribution in [0.2, 0.25) is 0 Å². The summed E-state index contributed by atoms with van der Waals surface area (Å²) in [6.45, 7) is 4.02. The third kappa shape index (κ3) is 1.78. The Labute approximate surface area is 92.2 Å². The highest BCUT2D eigenvalue weighted by atomic mass is 16.2. The van der Waals surface area contributed by atoms with E-state index in [1.807, 2.05) is 7.05 Å². The second-order valence-electron chi connectivity index (χ2n) is 5.01. The second-order valence-corrected chi connectivity index (χ2v) is 5.01. The summed E-state index contributed by atoms with van der Waals surface area (Å²) in [6, 6.07) is 0.517. The Morgan fingerprint density at radius 2 is 2.27 bits per heavy atom. The van der Waals surface area contributed by atoms with Crippen LogP contribution in [0.4, 0.5) is 0 Å². The lowest BCUT2D eigenvalue weighted by atomic mass is 9.66. The van der Waals surface area contributed by atoms with Crippen molar-refractivity contribution in [2.24, 2.45) is 5.41 Å². The van der Waals surface area contributed by atoms with Gasteiger partial charge in [0.1, 0.15) is 0 Å². The van der Waals surface area contributed by atoms with E-state index in [0.717, 1.165) is 38.8 Å². The number of rotatable bonds is 3. The molecular formula is C12H22N2O. The third-order valence-electron chi connectivity index (χ3n) is 4.32. The Kier molecular flexibility index (Phi) is 3.01. The topological polar surface area (TPSA) is 32.3 Å². The Morgan fingerprint density at radius 3 is 2.67 bits per heavy atom. The largest absolute Gasteiger partial charge is 0.341 e. The number of carbonyl (C=O) groups is 1. The van der Waals surface area contributed by atoms with Gasteiger partial charge in [0, 0.05) is 24.5 Å². The first-order chi connectivity index (χ1) is 7.22. The summed E-state index contributed by atoms with van der Waals surface area (Å²) >= 11 is 0.